The van der Waals surface area contributed by atoms with E-state index in [-0.39, 0.29) is 36.9 Å². The van der Waals surface area contributed by atoms with Crippen molar-refractivity contribution in [3.05, 3.63) is 109 Å². The molecule has 0 saturated carbocycles. The minimum absolute atomic E-state index is 0.0399. The molecule has 3 amide bonds. The molecule has 0 spiro atoms. The van der Waals surface area contributed by atoms with E-state index in [1.54, 1.807) is 0 Å². The molecule has 0 bridgehead atoms. The van der Waals surface area contributed by atoms with E-state index in [2.05, 4.69) is 63.7 Å². The van der Waals surface area contributed by atoms with Gasteiger partial charge in [0.2, 0.25) is 0 Å². The molecular weight excluding hydrogens is 780 g/mol. The van der Waals surface area contributed by atoms with Crippen molar-refractivity contribution in [2.75, 3.05) is 6.54 Å². The van der Waals surface area contributed by atoms with Crippen LogP contribution in [0.5, 0.6) is 0 Å². The number of carbonyl (C=O) groups excluding carboxylic acids is 4. The Morgan fingerprint density at radius 3 is 1.74 bits per heavy atom. The van der Waals surface area contributed by atoms with Gasteiger partial charge in [-0.25, -0.2) is 5.01 Å². The zero-order valence-corrected chi connectivity index (χ0v) is 25.2. The predicted octanol–water partition coefficient (Wildman–Crippen LogP) is 6.09. The lowest BCUT2D eigenvalue weighted by molar-refractivity contribution is -0.385. The largest absolute Gasteiger partial charge is 0.292 e. The molecule has 0 fully saturated rings. The van der Waals surface area contributed by atoms with Gasteiger partial charge in [0.25, 0.3) is 29.1 Å². The number of hydrogen-bond acceptors (Lipinski definition) is 8. The van der Waals surface area contributed by atoms with Gasteiger partial charge in [-0.3, -0.25) is 39.4 Å². The van der Waals surface area contributed by atoms with Crippen molar-refractivity contribution in [1.29, 1.82) is 0 Å². The van der Waals surface area contributed by atoms with Crippen molar-refractivity contribution in [3.8, 4) is 0 Å². The summed E-state index contributed by atoms with van der Waals surface area (Å²) in [6.07, 6.45) is 0. The summed E-state index contributed by atoms with van der Waals surface area (Å²) in [4.78, 5) is 74.8. The van der Waals surface area contributed by atoms with Crippen LogP contribution < -0.4 is 0 Å². The van der Waals surface area contributed by atoms with E-state index >= 15 is 0 Å². The molecule has 0 aliphatic carbocycles. The number of halogens is 4. The Balaban J connectivity index is 1.82. The molecule has 0 saturated heterocycles. The number of nitrogens with zero attached hydrogens (tertiary/aromatic N) is 4. The van der Waals surface area contributed by atoms with Gasteiger partial charge in [0.1, 0.15) is 6.54 Å². The molecular formula is C23H10Br4N4O8. The molecule has 1 heterocycles. The number of Topliss-reactive ketones (excluding diaryl/α,β-unsaturated/α-hetero) is 1. The highest BCUT2D eigenvalue weighted by atomic mass is 79.9. The lowest BCUT2D eigenvalue weighted by Gasteiger charge is -2.29. The Morgan fingerprint density at radius 1 is 0.744 bits per heavy atom. The fourth-order valence-electron chi connectivity index (χ4n) is 3.69. The molecule has 1 aliphatic heterocycles. The van der Waals surface area contributed by atoms with Gasteiger partial charge in [-0.05, 0) is 81.9 Å². The van der Waals surface area contributed by atoms with Crippen LogP contribution in [-0.2, 0) is 0 Å². The molecule has 12 nitrogen and oxygen atoms in total. The van der Waals surface area contributed by atoms with Crippen LogP contribution in [0.1, 0.15) is 41.4 Å². The molecule has 3 aromatic carbocycles. The summed E-state index contributed by atoms with van der Waals surface area (Å²) in [7, 11) is 0. The Hall–Kier alpha value is -3.34. The SMILES string of the molecule is O=C(CN(C(=O)c1cccc([N+](=O)[O-])c1)N1C(=O)c2c(Br)c(Br)c(Br)c(Br)c2C1=O)c1ccc([N+](=O)[O-])cc1. The maximum absolute atomic E-state index is 13.6. The van der Waals surface area contributed by atoms with Crippen molar-refractivity contribution in [1.82, 2.24) is 10.0 Å². The van der Waals surface area contributed by atoms with E-state index in [0.29, 0.717) is 19.0 Å². The van der Waals surface area contributed by atoms with E-state index in [1.165, 1.54) is 24.3 Å². The van der Waals surface area contributed by atoms with Crippen molar-refractivity contribution < 1.29 is 29.0 Å². The number of carbonyl (C=O) groups is 4. The number of hydrazine groups is 1. The zero-order valence-electron chi connectivity index (χ0n) is 18.9. The second kappa shape index (κ2) is 11.0. The standard InChI is InChI=1S/C23H10Br4N4O8/c24-17-15-16(18(25)20(27)19(17)26)23(35)29(22(15)34)28(21(33)11-2-1-3-13(8-11)31(38)39)9-14(32)10-4-6-12(7-5-10)30(36)37/h1-8H,9H2. The van der Waals surface area contributed by atoms with Gasteiger partial charge >= 0.3 is 0 Å². The number of hydrogen-bond donors (Lipinski definition) is 0. The van der Waals surface area contributed by atoms with E-state index in [9.17, 15) is 39.4 Å². The predicted molar refractivity (Wildman–Crippen MR) is 149 cm³/mol. The van der Waals surface area contributed by atoms with Crippen LogP contribution in [0, 0.1) is 20.2 Å². The van der Waals surface area contributed by atoms with Crippen LogP contribution >= 0.6 is 63.7 Å². The number of ketones is 1. The summed E-state index contributed by atoms with van der Waals surface area (Å²) in [5, 5.41) is 23.3. The number of rotatable bonds is 7. The highest BCUT2D eigenvalue weighted by Crippen LogP contribution is 2.45. The first-order valence-electron chi connectivity index (χ1n) is 10.4. The van der Waals surface area contributed by atoms with Crippen molar-refractivity contribution in [2.24, 2.45) is 0 Å². The second-order valence-electron chi connectivity index (χ2n) is 7.83. The summed E-state index contributed by atoms with van der Waals surface area (Å²) in [6.45, 7) is -0.845. The van der Waals surface area contributed by atoms with Gasteiger partial charge in [0.05, 0.1) is 21.0 Å². The number of imide groups is 1. The van der Waals surface area contributed by atoms with Gasteiger partial charge in [-0.15, -0.1) is 0 Å². The maximum atomic E-state index is 13.6. The first-order chi connectivity index (χ1) is 18.3. The maximum Gasteiger partial charge on any atom is 0.282 e. The average Bonchev–Trinajstić information content (AvgIpc) is 3.18. The molecule has 198 valence electrons. The van der Waals surface area contributed by atoms with Crippen LogP contribution in [0.4, 0.5) is 11.4 Å². The fraction of sp³-hybridized carbons (Fsp3) is 0.0435. The zero-order chi connectivity index (χ0) is 28.8. The molecule has 0 atom stereocenters. The van der Waals surface area contributed by atoms with Crippen LogP contribution in [-0.4, -0.2) is 49.9 Å². The Morgan fingerprint density at radius 2 is 1.26 bits per heavy atom. The normalized spacial score (nSPS) is 12.4. The molecule has 16 heteroatoms. The summed E-state index contributed by atoms with van der Waals surface area (Å²) in [5.41, 5.74) is -1.20. The highest BCUT2D eigenvalue weighted by Gasteiger charge is 2.46. The van der Waals surface area contributed by atoms with Crippen LogP contribution in [0.2, 0.25) is 0 Å². The van der Waals surface area contributed by atoms with E-state index < -0.39 is 45.6 Å². The molecule has 1 aliphatic rings. The minimum atomic E-state index is -1.05. The summed E-state index contributed by atoms with van der Waals surface area (Å²) in [5.74, 6) is -3.69. The number of non-ortho nitro benzene ring substituents is 2. The van der Waals surface area contributed by atoms with Gasteiger partial charge in [0, 0.05) is 53.3 Å². The second-order valence-corrected chi connectivity index (χ2v) is 11.0. The number of benzene rings is 3. The third-order valence-corrected chi connectivity index (χ3v) is 10.3. The third kappa shape index (κ3) is 5.16. The van der Waals surface area contributed by atoms with Crippen molar-refractivity contribution >= 4 is 98.6 Å². The molecule has 0 N–H and O–H groups in total. The third-order valence-electron chi connectivity index (χ3n) is 5.55. The molecule has 0 unspecified atom stereocenters. The first kappa shape index (κ1) is 28.7. The smallest absolute Gasteiger partial charge is 0.282 e. The van der Waals surface area contributed by atoms with Crippen LogP contribution in [0.3, 0.4) is 0 Å². The Kier molecular flexibility index (Phi) is 8.11. The Bertz CT molecular complexity index is 1580. The number of nitro groups is 2. The number of fused-ring (bicyclic) bond motifs is 1. The number of nitro benzene ring substituents is 2. The van der Waals surface area contributed by atoms with E-state index in [1.807, 2.05) is 0 Å². The average molecular weight is 790 g/mol. The van der Waals surface area contributed by atoms with E-state index in [4.69, 9.17) is 0 Å². The minimum Gasteiger partial charge on any atom is -0.292 e. The molecule has 4 rings (SSSR count). The lowest BCUT2D eigenvalue weighted by Crippen LogP contribution is -2.51. The van der Waals surface area contributed by atoms with Crippen molar-refractivity contribution in [3.63, 3.8) is 0 Å². The van der Waals surface area contributed by atoms with Crippen molar-refractivity contribution in [2.45, 2.75) is 0 Å². The summed E-state index contributed by atoms with van der Waals surface area (Å²) >= 11 is 13.2. The molecule has 0 radical (unpaired) electrons. The van der Waals surface area contributed by atoms with Gasteiger partial charge in [0.15, 0.2) is 5.78 Å². The van der Waals surface area contributed by atoms with Gasteiger partial charge < -0.3 is 0 Å². The highest BCUT2D eigenvalue weighted by molar-refractivity contribution is 9.15. The topological polar surface area (TPSA) is 161 Å². The van der Waals surface area contributed by atoms with Crippen LogP contribution in [0.15, 0.2) is 66.4 Å². The fourth-order valence-corrected chi connectivity index (χ4v) is 6.15. The monoisotopic (exact) mass is 786 g/mol. The quantitative estimate of drug-likeness (QED) is 0.0695. The summed E-state index contributed by atoms with van der Waals surface area (Å²) in [6, 6.07) is 9.08. The molecule has 3 aromatic rings. The van der Waals surface area contributed by atoms with Crippen LogP contribution in [0.25, 0.3) is 0 Å². The molecule has 39 heavy (non-hydrogen) atoms. The van der Waals surface area contributed by atoms with Gasteiger partial charge in [-0.1, -0.05) is 6.07 Å². The van der Waals surface area contributed by atoms with E-state index in [0.717, 1.165) is 24.3 Å². The summed E-state index contributed by atoms with van der Waals surface area (Å²) < 4.78 is 1.21. The Labute approximate surface area is 251 Å². The molecule has 0 aromatic heterocycles. The lowest BCUT2D eigenvalue weighted by atomic mass is 10.1. The van der Waals surface area contributed by atoms with Gasteiger partial charge in [-0.2, -0.15) is 5.01 Å². The first-order valence-corrected chi connectivity index (χ1v) is 13.6. The number of amides is 3.